The molecular weight excluding hydrogens is 372 g/mol. The fraction of sp³-hybridized carbons (Fsp3) is 0.833. The molecule has 0 aromatic rings. The number of amidine groups is 1. The van der Waals surface area contributed by atoms with Gasteiger partial charge in [0.1, 0.15) is 19.2 Å². The Labute approximate surface area is 174 Å². The molecule has 3 rings (SSSR count). The second-order valence-corrected chi connectivity index (χ2v) is 7.88. The second-order valence-electron chi connectivity index (χ2n) is 7.88. The minimum absolute atomic E-state index is 0.108. The zero-order chi connectivity index (χ0) is 21.5. The number of esters is 2. The zero-order valence-corrected chi connectivity index (χ0v) is 17.4. The number of hydrogen-bond donors (Lipinski definition) is 4. The molecular formula is C18H32B2N5O4. The molecule has 2 aliphatic heterocycles. The summed E-state index contributed by atoms with van der Waals surface area (Å²) in [6.45, 7) is 3.81. The van der Waals surface area contributed by atoms with Crippen LogP contribution in [0.5, 0.6) is 0 Å². The van der Waals surface area contributed by atoms with Gasteiger partial charge in [-0.2, -0.15) is 5.10 Å². The highest BCUT2D eigenvalue weighted by Crippen LogP contribution is 2.68. The Morgan fingerprint density at radius 2 is 2.07 bits per heavy atom. The molecule has 159 valence electrons. The number of hydrogen-bond acceptors (Lipinski definition) is 8. The predicted octanol–water partition coefficient (Wildman–Crippen LogP) is -0.134. The van der Waals surface area contributed by atoms with E-state index >= 15 is 0 Å². The van der Waals surface area contributed by atoms with Crippen LogP contribution in [0.3, 0.4) is 0 Å². The van der Waals surface area contributed by atoms with Crippen LogP contribution in [0.25, 0.3) is 0 Å². The SMILES string of the molecule is CC/C(N)=N/NN.[B]C12[B]C13CCCCC3CC(C(=O)OCCCOC(C)=O)N2. The average molecular weight is 404 g/mol. The molecule has 0 aromatic heterocycles. The van der Waals surface area contributed by atoms with Gasteiger partial charge in [-0.15, -0.1) is 0 Å². The Hall–Kier alpha value is -1.74. The fourth-order valence-corrected chi connectivity index (χ4v) is 4.38. The van der Waals surface area contributed by atoms with Gasteiger partial charge in [-0.05, 0) is 17.7 Å². The molecule has 2 heterocycles. The van der Waals surface area contributed by atoms with Crippen molar-refractivity contribution >= 4 is 32.9 Å². The van der Waals surface area contributed by atoms with E-state index in [0.29, 0.717) is 18.2 Å². The quantitative estimate of drug-likeness (QED) is 0.0875. The monoisotopic (exact) mass is 404 g/mol. The minimum Gasteiger partial charge on any atom is -0.466 e. The summed E-state index contributed by atoms with van der Waals surface area (Å²) in [6, 6.07) is -0.325. The molecule has 0 aromatic carbocycles. The van der Waals surface area contributed by atoms with Crippen LogP contribution >= 0.6 is 0 Å². The van der Waals surface area contributed by atoms with E-state index < -0.39 is 5.34 Å². The summed E-state index contributed by atoms with van der Waals surface area (Å²) in [6.07, 6.45) is 6.77. The van der Waals surface area contributed by atoms with E-state index in [4.69, 9.17) is 28.9 Å². The molecule has 2 saturated heterocycles. The van der Waals surface area contributed by atoms with Gasteiger partial charge in [0, 0.05) is 19.8 Å². The lowest BCUT2D eigenvalue weighted by Crippen LogP contribution is -2.54. The Morgan fingerprint density at radius 3 is 2.69 bits per heavy atom. The first-order valence-corrected chi connectivity index (χ1v) is 10.3. The number of carbonyl (C=O) groups excluding carboxylic acids is 2. The van der Waals surface area contributed by atoms with Crippen LogP contribution in [-0.2, 0) is 19.1 Å². The number of piperidine rings is 1. The maximum absolute atomic E-state index is 12.2. The van der Waals surface area contributed by atoms with Crippen LogP contribution in [0.2, 0.25) is 5.31 Å². The molecule has 4 unspecified atom stereocenters. The van der Waals surface area contributed by atoms with Gasteiger partial charge in [0.05, 0.1) is 21.1 Å². The van der Waals surface area contributed by atoms with Crippen molar-refractivity contribution in [3.05, 3.63) is 0 Å². The van der Waals surface area contributed by atoms with E-state index in [1.807, 2.05) is 6.92 Å². The molecule has 11 heteroatoms. The summed E-state index contributed by atoms with van der Waals surface area (Å²) in [7, 11) is 8.60. The van der Waals surface area contributed by atoms with E-state index in [2.05, 4.69) is 23.2 Å². The average Bonchev–Trinajstić information content (AvgIpc) is 3.30. The van der Waals surface area contributed by atoms with Crippen LogP contribution in [0.15, 0.2) is 5.10 Å². The Balaban J connectivity index is 0.000000370. The molecule has 3 aliphatic rings. The van der Waals surface area contributed by atoms with Gasteiger partial charge in [-0.3, -0.25) is 9.59 Å². The summed E-state index contributed by atoms with van der Waals surface area (Å²) in [5, 5.41) is 6.36. The Morgan fingerprint density at radius 1 is 1.34 bits per heavy atom. The second kappa shape index (κ2) is 10.3. The smallest absolute Gasteiger partial charge is 0.323 e. The topological polar surface area (TPSA) is 141 Å². The Bertz CT molecular complexity index is 623. The van der Waals surface area contributed by atoms with E-state index in [1.54, 1.807) is 0 Å². The maximum Gasteiger partial charge on any atom is 0.323 e. The van der Waals surface area contributed by atoms with Crippen molar-refractivity contribution in [2.75, 3.05) is 13.2 Å². The zero-order valence-electron chi connectivity index (χ0n) is 17.4. The molecule has 9 nitrogen and oxygen atoms in total. The van der Waals surface area contributed by atoms with E-state index in [1.165, 1.54) is 19.8 Å². The summed E-state index contributed by atoms with van der Waals surface area (Å²) >= 11 is 0. The molecule has 0 bridgehead atoms. The fourth-order valence-electron chi connectivity index (χ4n) is 4.38. The highest BCUT2D eigenvalue weighted by molar-refractivity contribution is 6.72. The van der Waals surface area contributed by atoms with Gasteiger partial charge in [-0.25, -0.2) is 11.4 Å². The highest BCUT2D eigenvalue weighted by Gasteiger charge is 2.70. The lowest BCUT2D eigenvalue weighted by Gasteiger charge is -2.44. The van der Waals surface area contributed by atoms with Gasteiger partial charge in [0.15, 0.2) is 0 Å². The minimum atomic E-state index is -0.488. The third-order valence-corrected chi connectivity index (χ3v) is 5.92. The number of rotatable bonds is 7. The van der Waals surface area contributed by atoms with Crippen LogP contribution in [-0.4, -0.2) is 57.5 Å². The van der Waals surface area contributed by atoms with E-state index in [9.17, 15) is 9.59 Å². The third kappa shape index (κ3) is 5.88. The van der Waals surface area contributed by atoms with Crippen LogP contribution < -0.4 is 22.4 Å². The first-order valence-electron chi connectivity index (χ1n) is 10.3. The lowest BCUT2D eigenvalue weighted by molar-refractivity contribution is -0.148. The normalized spacial score (nSPS) is 32.3. The summed E-state index contributed by atoms with van der Waals surface area (Å²) in [5.41, 5.74) is 7.27. The molecule has 1 spiro atoms. The van der Waals surface area contributed by atoms with Crippen molar-refractivity contribution in [2.45, 2.75) is 75.5 Å². The van der Waals surface area contributed by atoms with Crippen molar-refractivity contribution in [2.24, 2.45) is 22.6 Å². The standard InChI is InChI=1S/C15H22B2NO4.C3H10N4/c1-10(19)21-7-4-8-22-13(20)12-9-11-5-2-3-6-14(11)15(16,17-14)18-12;1-2-3(4)6-7-5/h11-12,18H,2-9H2,1H3;7H,2,5H2,1H3,(H2,4,6). The van der Waals surface area contributed by atoms with Crippen molar-refractivity contribution in [3.63, 3.8) is 0 Å². The summed E-state index contributed by atoms with van der Waals surface area (Å²) in [4.78, 5) is 22.9. The van der Waals surface area contributed by atoms with E-state index in [-0.39, 0.29) is 36.5 Å². The number of hydrazine groups is 1. The molecule has 1 aliphatic carbocycles. The van der Waals surface area contributed by atoms with Gasteiger partial charge in [-0.1, -0.05) is 37.9 Å². The molecule has 1 saturated carbocycles. The van der Waals surface area contributed by atoms with Crippen molar-refractivity contribution in [3.8, 4) is 0 Å². The molecule has 0 amide bonds. The number of hydrazone groups is 1. The summed E-state index contributed by atoms with van der Waals surface area (Å²) in [5.74, 6) is 5.24. The molecule has 29 heavy (non-hydrogen) atoms. The van der Waals surface area contributed by atoms with E-state index in [0.717, 1.165) is 25.7 Å². The van der Waals surface area contributed by atoms with Crippen LogP contribution in [0, 0.1) is 5.92 Å². The predicted molar refractivity (Wildman–Crippen MR) is 112 cm³/mol. The first-order chi connectivity index (χ1) is 13.8. The third-order valence-electron chi connectivity index (χ3n) is 5.92. The Kier molecular flexibility index (Phi) is 8.39. The van der Waals surface area contributed by atoms with Gasteiger partial charge in [0.25, 0.3) is 0 Å². The number of carbonyl (C=O) groups is 2. The van der Waals surface area contributed by atoms with Gasteiger partial charge < -0.3 is 20.5 Å². The number of nitrogens with two attached hydrogens (primary N) is 2. The molecule has 3 fully saturated rings. The van der Waals surface area contributed by atoms with Crippen LogP contribution in [0.1, 0.15) is 58.8 Å². The molecule has 3 radical (unpaired) electrons. The van der Waals surface area contributed by atoms with Crippen molar-refractivity contribution < 1.29 is 19.1 Å². The van der Waals surface area contributed by atoms with Crippen molar-refractivity contribution in [1.82, 2.24) is 10.9 Å². The van der Waals surface area contributed by atoms with Gasteiger partial charge >= 0.3 is 11.9 Å². The number of nitrogens with one attached hydrogen (secondary N) is 2. The number of ether oxygens (including phenoxy) is 2. The van der Waals surface area contributed by atoms with Gasteiger partial charge in [0.2, 0.25) is 0 Å². The number of nitrogens with zero attached hydrogens (tertiary/aromatic N) is 1. The molecule has 4 atom stereocenters. The van der Waals surface area contributed by atoms with Crippen molar-refractivity contribution in [1.29, 1.82) is 0 Å². The first kappa shape index (κ1) is 23.5. The highest BCUT2D eigenvalue weighted by atomic mass is 16.5. The lowest BCUT2D eigenvalue weighted by atomic mass is 9.63. The largest absolute Gasteiger partial charge is 0.466 e. The van der Waals surface area contributed by atoms with Crippen LogP contribution in [0.4, 0.5) is 0 Å². The summed E-state index contributed by atoms with van der Waals surface area (Å²) < 4.78 is 10.1. The molecule has 6 N–H and O–H groups in total. The maximum atomic E-state index is 12.2.